The van der Waals surface area contributed by atoms with Crippen LogP contribution >= 0.6 is 0 Å². The van der Waals surface area contributed by atoms with Crippen LogP contribution in [-0.4, -0.2) is 16.9 Å². The van der Waals surface area contributed by atoms with E-state index in [1.165, 1.54) is 12.3 Å². The molecule has 0 fully saturated rings. The fourth-order valence-electron chi connectivity index (χ4n) is 1.43. The van der Waals surface area contributed by atoms with Gasteiger partial charge in [0.1, 0.15) is 0 Å². The Hall–Kier alpha value is -1.45. The molecule has 1 N–H and O–H groups in total. The standard InChI is InChI=1S/C12H17FN2O/c1-3-4-5-9(2)15-12(16)10-6-7-14-11(13)8-10/h6-9H,3-5H2,1-2H3,(H,15,16)/t9-/m0/s1. The molecule has 1 atom stereocenters. The van der Waals surface area contributed by atoms with Crippen molar-refractivity contribution in [2.24, 2.45) is 0 Å². The lowest BCUT2D eigenvalue weighted by Gasteiger charge is -2.13. The molecule has 1 aromatic heterocycles. The first-order valence-corrected chi connectivity index (χ1v) is 5.56. The molecule has 0 saturated heterocycles. The van der Waals surface area contributed by atoms with E-state index in [1.54, 1.807) is 0 Å². The van der Waals surface area contributed by atoms with E-state index < -0.39 is 5.95 Å². The molecule has 0 aliphatic rings. The Labute approximate surface area is 95.1 Å². The molecule has 3 nitrogen and oxygen atoms in total. The Morgan fingerprint density at radius 1 is 1.62 bits per heavy atom. The number of carbonyl (C=O) groups is 1. The van der Waals surface area contributed by atoms with E-state index >= 15 is 0 Å². The van der Waals surface area contributed by atoms with Crippen LogP contribution < -0.4 is 5.32 Å². The van der Waals surface area contributed by atoms with Gasteiger partial charge in [-0.2, -0.15) is 4.39 Å². The second kappa shape index (κ2) is 6.20. The minimum Gasteiger partial charge on any atom is -0.350 e. The molecule has 1 rings (SSSR count). The van der Waals surface area contributed by atoms with Gasteiger partial charge in [-0.05, 0) is 19.4 Å². The number of halogens is 1. The predicted octanol–water partition coefficient (Wildman–Crippen LogP) is 2.53. The summed E-state index contributed by atoms with van der Waals surface area (Å²) in [5.74, 6) is -0.876. The van der Waals surface area contributed by atoms with Gasteiger partial charge >= 0.3 is 0 Å². The maximum absolute atomic E-state index is 12.8. The summed E-state index contributed by atoms with van der Waals surface area (Å²) in [5.41, 5.74) is 0.316. The number of unbranched alkanes of at least 4 members (excludes halogenated alkanes) is 1. The number of nitrogens with one attached hydrogen (secondary N) is 1. The number of rotatable bonds is 5. The van der Waals surface area contributed by atoms with Crippen LogP contribution in [0.3, 0.4) is 0 Å². The molecule has 1 aromatic rings. The maximum atomic E-state index is 12.8. The summed E-state index contributed by atoms with van der Waals surface area (Å²) in [7, 11) is 0. The van der Waals surface area contributed by atoms with Gasteiger partial charge in [0.05, 0.1) is 0 Å². The molecular weight excluding hydrogens is 207 g/mol. The Morgan fingerprint density at radius 3 is 3.00 bits per heavy atom. The minimum atomic E-state index is -0.631. The van der Waals surface area contributed by atoms with Gasteiger partial charge in [0, 0.05) is 23.9 Å². The number of nitrogens with zero attached hydrogens (tertiary/aromatic N) is 1. The van der Waals surface area contributed by atoms with Crippen LogP contribution in [-0.2, 0) is 0 Å². The Morgan fingerprint density at radius 2 is 2.38 bits per heavy atom. The van der Waals surface area contributed by atoms with Crippen molar-refractivity contribution in [2.45, 2.75) is 39.2 Å². The number of hydrogen-bond acceptors (Lipinski definition) is 2. The molecular formula is C12H17FN2O. The molecule has 0 unspecified atom stereocenters. The van der Waals surface area contributed by atoms with Crippen LogP contribution in [0, 0.1) is 5.95 Å². The predicted molar refractivity (Wildman–Crippen MR) is 60.6 cm³/mol. The van der Waals surface area contributed by atoms with Crippen molar-refractivity contribution in [1.29, 1.82) is 0 Å². The topological polar surface area (TPSA) is 42.0 Å². The summed E-state index contributed by atoms with van der Waals surface area (Å²) in [6.07, 6.45) is 4.41. The second-order valence-electron chi connectivity index (χ2n) is 3.88. The van der Waals surface area contributed by atoms with Gasteiger partial charge in [0.15, 0.2) is 0 Å². The number of pyridine rings is 1. The minimum absolute atomic E-state index is 0.115. The van der Waals surface area contributed by atoms with E-state index in [0.717, 1.165) is 25.3 Å². The third kappa shape index (κ3) is 3.96. The fraction of sp³-hybridized carbons (Fsp3) is 0.500. The average Bonchev–Trinajstić information content (AvgIpc) is 2.26. The smallest absolute Gasteiger partial charge is 0.251 e. The molecule has 1 heterocycles. The first-order valence-electron chi connectivity index (χ1n) is 5.56. The van der Waals surface area contributed by atoms with Crippen LogP contribution in [0.15, 0.2) is 18.3 Å². The largest absolute Gasteiger partial charge is 0.350 e. The Balaban J connectivity index is 2.52. The van der Waals surface area contributed by atoms with Gasteiger partial charge in [0.2, 0.25) is 5.95 Å². The maximum Gasteiger partial charge on any atom is 0.251 e. The zero-order valence-electron chi connectivity index (χ0n) is 9.66. The molecule has 0 bridgehead atoms. The van der Waals surface area contributed by atoms with Gasteiger partial charge < -0.3 is 5.32 Å². The average molecular weight is 224 g/mol. The summed E-state index contributed by atoms with van der Waals surface area (Å²) in [6.45, 7) is 4.05. The van der Waals surface area contributed by atoms with Gasteiger partial charge in [-0.1, -0.05) is 19.8 Å². The first-order chi connectivity index (χ1) is 7.63. The van der Waals surface area contributed by atoms with Gasteiger partial charge in [-0.3, -0.25) is 4.79 Å². The molecule has 0 aromatic carbocycles. The van der Waals surface area contributed by atoms with Crippen LogP contribution in [0.1, 0.15) is 43.5 Å². The highest BCUT2D eigenvalue weighted by atomic mass is 19.1. The van der Waals surface area contributed by atoms with E-state index in [2.05, 4.69) is 17.2 Å². The van der Waals surface area contributed by atoms with Crippen LogP contribution in [0.2, 0.25) is 0 Å². The molecule has 0 spiro atoms. The fourth-order valence-corrected chi connectivity index (χ4v) is 1.43. The molecule has 4 heteroatoms. The normalized spacial score (nSPS) is 12.2. The van der Waals surface area contributed by atoms with Crippen molar-refractivity contribution in [3.63, 3.8) is 0 Å². The van der Waals surface area contributed by atoms with E-state index in [-0.39, 0.29) is 11.9 Å². The number of aromatic nitrogens is 1. The third-order valence-corrected chi connectivity index (χ3v) is 2.36. The van der Waals surface area contributed by atoms with Crippen LogP contribution in [0.25, 0.3) is 0 Å². The van der Waals surface area contributed by atoms with Gasteiger partial charge in [-0.15, -0.1) is 0 Å². The third-order valence-electron chi connectivity index (χ3n) is 2.36. The summed E-state index contributed by atoms with van der Waals surface area (Å²) < 4.78 is 12.8. The lowest BCUT2D eigenvalue weighted by atomic mass is 10.1. The van der Waals surface area contributed by atoms with Crippen molar-refractivity contribution in [1.82, 2.24) is 10.3 Å². The van der Waals surface area contributed by atoms with Gasteiger partial charge in [-0.25, -0.2) is 4.98 Å². The monoisotopic (exact) mass is 224 g/mol. The number of hydrogen-bond donors (Lipinski definition) is 1. The lowest BCUT2D eigenvalue weighted by molar-refractivity contribution is 0.0937. The summed E-state index contributed by atoms with van der Waals surface area (Å²) in [4.78, 5) is 15.1. The molecule has 0 aliphatic carbocycles. The molecule has 88 valence electrons. The highest BCUT2D eigenvalue weighted by Gasteiger charge is 2.09. The van der Waals surface area contributed by atoms with Crippen molar-refractivity contribution in [3.05, 3.63) is 29.8 Å². The van der Waals surface area contributed by atoms with Crippen molar-refractivity contribution < 1.29 is 9.18 Å². The highest BCUT2D eigenvalue weighted by molar-refractivity contribution is 5.94. The molecule has 0 radical (unpaired) electrons. The highest BCUT2D eigenvalue weighted by Crippen LogP contribution is 2.03. The second-order valence-corrected chi connectivity index (χ2v) is 3.88. The molecule has 0 aliphatic heterocycles. The molecule has 0 saturated carbocycles. The van der Waals surface area contributed by atoms with E-state index in [9.17, 15) is 9.18 Å². The van der Waals surface area contributed by atoms with Crippen LogP contribution in [0.5, 0.6) is 0 Å². The summed E-state index contributed by atoms with van der Waals surface area (Å²) in [6, 6.07) is 2.76. The Bertz CT molecular complexity index is 355. The van der Waals surface area contributed by atoms with E-state index in [1.807, 2.05) is 6.92 Å². The molecule has 1 amide bonds. The number of carbonyl (C=O) groups excluding carboxylic acids is 1. The lowest BCUT2D eigenvalue weighted by Crippen LogP contribution is -2.32. The van der Waals surface area contributed by atoms with E-state index in [0.29, 0.717) is 5.56 Å². The van der Waals surface area contributed by atoms with Crippen molar-refractivity contribution in [3.8, 4) is 0 Å². The summed E-state index contributed by atoms with van der Waals surface area (Å²) in [5, 5.41) is 2.82. The Kier molecular flexibility index (Phi) is 4.89. The SMILES string of the molecule is CCCC[C@H](C)NC(=O)c1ccnc(F)c1. The van der Waals surface area contributed by atoms with Crippen molar-refractivity contribution in [2.75, 3.05) is 0 Å². The van der Waals surface area contributed by atoms with Gasteiger partial charge in [0.25, 0.3) is 5.91 Å². The summed E-state index contributed by atoms with van der Waals surface area (Å²) >= 11 is 0. The van der Waals surface area contributed by atoms with Crippen LogP contribution in [0.4, 0.5) is 4.39 Å². The zero-order valence-corrected chi connectivity index (χ0v) is 9.66. The number of amides is 1. The van der Waals surface area contributed by atoms with E-state index in [4.69, 9.17) is 0 Å². The first kappa shape index (κ1) is 12.6. The quantitative estimate of drug-likeness (QED) is 0.781. The van der Waals surface area contributed by atoms with Crippen molar-refractivity contribution >= 4 is 5.91 Å². The molecule has 16 heavy (non-hydrogen) atoms. The zero-order chi connectivity index (χ0) is 12.0.